The highest BCUT2D eigenvalue weighted by Crippen LogP contribution is 2.48. The molecule has 0 unspecified atom stereocenters. The van der Waals surface area contributed by atoms with E-state index >= 15 is 0 Å². The molecule has 5 nitrogen and oxygen atoms in total. The fourth-order valence-electron chi connectivity index (χ4n) is 5.68. The van der Waals surface area contributed by atoms with Crippen molar-refractivity contribution in [2.24, 2.45) is 0 Å². The van der Waals surface area contributed by atoms with Gasteiger partial charge in [0.15, 0.2) is 5.78 Å². The lowest BCUT2D eigenvalue weighted by atomic mass is 9.78. The van der Waals surface area contributed by atoms with Crippen LogP contribution in [0.4, 0.5) is 30.2 Å². The largest absolute Gasteiger partial charge is 0.471 e. The fraction of sp³-hybridized carbons (Fsp3) is 0.290. The van der Waals surface area contributed by atoms with E-state index < -0.39 is 18.1 Å². The van der Waals surface area contributed by atoms with Crippen molar-refractivity contribution < 1.29 is 22.8 Å². The van der Waals surface area contributed by atoms with Crippen molar-refractivity contribution in [3.63, 3.8) is 0 Å². The third-order valence-electron chi connectivity index (χ3n) is 7.56. The molecule has 1 N–H and O–H groups in total. The highest BCUT2D eigenvalue weighted by Gasteiger charge is 2.49. The Morgan fingerprint density at radius 3 is 2.18 bits per heavy atom. The molecule has 0 spiro atoms. The molecule has 2 aliphatic rings. The quantitative estimate of drug-likeness (QED) is 0.384. The number of nitrogens with zero attached hydrogens (tertiary/aromatic N) is 2. The van der Waals surface area contributed by atoms with Crippen molar-refractivity contribution in [2.75, 3.05) is 28.2 Å². The van der Waals surface area contributed by atoms with Crippen LogP contribution in [0.3, 0.4) is 0 Å². The van der Waals surface area contributed by atoms with Gasteiger partial charge in [0.1, 0.15) is 0 Å². The molecule has 1 amide bonds. The van der Waals surface area contributed by atoms with Crippen LogP contribution in [0.5, 0.6) is 0 Å². The smallest absolute Gasteiger partial charge is 0.372 e. The molecule has 8 heteroatoms. The normalized spacial score (nSPS) is 19.1. The zero-order valence-electron chi connectivity index (χ0n) is 21.8. The Labute approximate surface area is 225 Å². The van der Waals surface area contributed by atoms with Crippen LogP contribution in [-0.4, -0.2) is 31.0 Å². The topological polar surface area (TPSA) is 52.7 Å². The maximum absolute atomic E-state index is 14.0. The first-order valence-electron chi connectivity index (χ1n) is 13.1. The molecule has 0 fully saturated rings. The van der Waals surface area contributed by atoms with Crippen molar-refractivity contribution in [3.8, 4) is 0 Å². The van der Waals surface area contributed by atoms with Crippen molar-refractivity contribution in [1.82, 2.24) is 0 Å². The first kappa shape index (κ1) is 26.5. The number of fused-ring (bicyclic) bond motifs is 1. The van der Waals surface area contributed by atoms with E-state index in [1.54, 1.807) is 48.5 Å². The monoisotopic (exact) mass is 533 g/mol. The summed E-state index contributed by atoms with van der Waals surface area (Å²) in [5.74, 6) is -2.44. The molecule has 0 saturated heterocycles. The van der Waals surface area contributed by atoms with E-state index in [9.17, 15) is 22.8 Å². The second kappa shape index (κ2) is 10.6. The Hall–Kier alpha value is -4.07. The maximum Gasteiger partial charge on any atom is 0.471 e. The zero-order chi connectivity index (χ0) is 27.7. The van der Waals surface area contributed by atoms with Crippen LogP contribution in [0, 0.1) is 0 Å². The number of benzene rings is 3. The molecular weight excluding hydrogens is 503 g/mol. The number of halogens is 3. The molecular formula is C31H30F3N3O2. The van der Waals surface area contributed by atoms with Crippen LogP contribution in [0.15, 0.2) is 90.1 Å². The molecule has 0 bridgehead atoms. The molecule has 0 radical (unpaired) electrons. The summed E-state index contributed by atoms with van der Waals surface area (Å²) in [4.78, 5) is 29.8. The molecule has 0 aromatic heterocycles. The number of Topliss-reactive ketones (excluding diaryl/α,β-unsaturated/α-hetero) is 1. The minimum absolute atomic E-state index is 0.0796. The lowest BCUT2D eigenvalue weighted by Gasteiger charge is -2.35. The number of rotatable bonds is 5. The predicted molar refractivity (Wildman–Crippen MR) is 147 cm³/mol. The van der Waals surface area contributed by atoms with Crippen molar-refractivity contribution in [3.05, 3.63) is 101 Å². The number of alkyl halides is 3. The Kier molecular flexibility index (Phi) is 7.21. The fourth-order valence-corrected chi connectivity index (χ4v) is 5.68. The number of carbonyl (C=O) groups is 2. The Bertz CT molecular complexity index is 1400. The van der Waals surface area contributed by atoms with Crippen molar-refractivity contribution in [2.45, 2.75) is 44.8 Å². The van der Waals surface area contributed by atoms with Gasteiger partial charge in [-0.2, -0.15) is 13.2 Å². The van der Waals surface area contributed by atoms with Gasteiger partial charge < -0.3 is 10.2 Å². The van der Waals surface area contributed by atoms with Crippen LogP contribution >= 0.6 is 0 Å². The van der Waals surface area contributed by atoms with E-state index in [1.807, 2.05) is 24.3 Å². The SMILES string of the molecule is CCN(CC)c1ccc([C@H]2CC(=O)C3=C(C2)Nc2ccccc2N(C(=O)C(F)(F)F)[C@@H]3c2ccccc2)cc1. The summed E-state index contributed by atoms with van der Waals surface area (Å²) < 4.78 is 41.9. The summed E-state index contributed by atoms with van der Waals surface area (Å²) >= 11 is 0. The van der Waals surface area contributed by atoms with Gasteiger partial charge in [0.05, 0.1) is 17.4 Å². The second-order valence-corrected chi connectivity index (χ2v) is 9.81. The van der Waals surface area contributed by atoms with Crippen LogP contribution in [-0.2, 0) is 9.59 Å². The number of para-hydroxylation sites is 2. The van der Waals surface area contributed by atoms with Crippen LogP contribution in [0.2, 0.25) is 0 Å². The number of allylic oxidation sites excluding steroid dienone is 1. The van der Waals surface area contributed by atoms with Crippen molar-refractivity contribution >= 4 is 28.8 Å². The number of nitrogens with one attached hydrogen (secondary N) is 1. The minimum atomic E-state index is -5.13. The molecule has 5 rings (SSSR count). The van der Waals surface area contributed by atoms with Gasteiger partial charge in [-0.3, -0.25) is 14.5 Å². The average Bonchev–Trinajstić information content (AvgIpc) is 3.08. The predicted octanol–water partition coefficient (Wildman–Crippen LogP) is 7.00. The van der Waals surface area contributed by atoms with Gasteiger partial charge in [-0.05, 0) is 61.6 Å². The molecule has 202 valence electrons. The number of hydrogen-bond donors (Lipinski definition) is 1. The number of anilines is 3. The van der Waals surface area contributed by atoms with Gasteiger partial charge in [-0.1, -0.05) is 54.6 Å². The summed E-state index contributed by atoms with van der Waals surface area (Å²) in [6.45, 7) is 5.95. The zero-order valence-corrected chi connectivity index (χ0v) is 21.8. The lowest BCUT2D eigenvalue weighted by Crippen LogP contribution is -2.45. The molecule has 3 aromatic carbocycles. The van der Waals surface area contributed by atoms with Gasteiger partial charge in [0, 0.05) is 36.5 Å². The molecule has 0 saturated carbocycles. The van der Waals surface area contributed by atoms with E-state index in [0.717, 1.165) is 29.2 Å². The van der Waals surface area contributed by atoms with E-state index in [2.05, 4.69) is 24.1 Å². The van der Waals surface area contributed by atoms with Gasteiger partial charge in [0.2, 0.25) is 0 Å². The standard InChI is InChI=1S/C31H30F3N3O2/c1-3-36(4-2)23-16-14-20(15-17-23)22-18-25-28(27(38)19-22)29(21-10-6-5-7-11-21)37(30(39)31(32,33)34)26-13-9-8-12-24(26)35-25/h5-17,22,29,35H,3-4,18-19H2,1-2H3/t22-,29-/m1/s1. The molecule has 2 atom stereocenters. The average molecular weight is 534 g/mol. The summed E-state index contributed by atoms with van der Waals surface area (Å²) in [7, 11) is 0. The summed E-state index contributed by atoms with van der Waals surface area (Å²) in [5, 5.41) is 3.26. The van der Waals surface area contributed by atoms with Crippen molar-refractivity contribution in [1.29, 1.82) is 0 Å². The Morgan fingerprint density at radius 2 is 1.54 bits per heavy atom. The van der Waals surface area contributed by atoms with Gasteiger partial charge in [0.25, 0.3) is 0 Å². The van der Waals surface area contributed by atoms with Gasteiger partial charge in [-0.15, -0.1) is 0 Å². The lowest BCUT2D eigenvalue weighted by molar-refractivity contribution is -0.170. The highest BCUT2D eigenvalue weighted by atomic mass is 19.4. The van der Waals surface area contributed by atoms with Crippen LogP contribution < -0.4 is 15.1 Å². The Balaban J connectivity index is 1.63. The van der Waals surface area contributed by atoms with Gasteiger partial charge in [-0.25, -0.2) is 0 Å². The first-order valence-corrected chi connectivity index (χ1v) is 13.1. The first-order chi connectivity index (χ1) is 18.7. The summed E-state index contributed by atoms with van der Waals surface area (Å²) in [6, 6.07) is 21.8. The van der Waals surface area contributed by atoms with Crippen LogP contribution in [0.1, 0.15) is 49.8 Å². The summed E-state index contributed by atoms with van der Waals surface area (Å²) in [5.41, 5.74) is 3.70. The molecule has 1 heterocycles. The molecule has 39 heavy (non-hydrogen) atoms. The van der Waals surface area contributed by atoms with Crippen LogP contribution in [0.25, 0.3) is 0 Å². The number of ketones is 1. The maximum atomic E-state index is 14.0. The molecule has 1 aliphatic heterocycles. The number of amides is 1. The number of carbonyl (C=O) groups excluding carboxylic acids is 2. The van der Waals surface area contributed by atoms with E-state index in [-0.39, 0.29) is 29.4 Å². The summed E-state index contributed by atoms with van der Waals surface area (Å²) in [6.07, 6.45) is -4.56. The van der Waals surface area contributed by atoms with E-state index in [4.69, 9.17) is 0 Å². The minimum Gasteiger partial charge on any atom is -0.372 e. The van der Waals surface area contributed by atoms with E-state index in [0.29, 0.717) is 23.4 Å². The van der Waals surface area contributed by atoms with E-state index in [1.165, 1.54) is 6.07 Å². The molecule has 3 aromatic rings. The third kappa shape index (κ3) is 5.03. The molecule has 1 aliphatic carbocycles. The third-order valence-corrected chi connectivity index (χ3v) is 7.56. The Morgan fingerprint density at radius 1 is 0.897 bits per heavy atom. The second-order valence-electron chi connectivity index (χ2n) is 9.81. The highest BCUT2D eigenvalue weighted by molar-refractivity contribution is 6.07. The van der Waals surface area contributed by atoms with Gasteiger partial charge >= 0.3 is 12.1 Å². The number of hydrogen-bond acceptors (Lipinski definition) is 4.